The van der Waals surface area contributed by atoms with Gasteiger partial charge in [-0.1, -0.05) is 61.5 Å². The molecule has 0 aliphatic rings. The summed E-state index contributed by atoms with van der Waals surface area (Å²) < 4.78 is 0. The summed E-state index contributed by atoms with van der Waals surface area (Å²) in [4.78, 5) is 10.8. The number of carboxylic acids is 1. The van der Waals surface area contributed by atoms with Crippen LogP contribution in [0.5, 0.6) is 0 Å². The lowest BCUT2D eigenvalue weighted by Crippen LogP contribution is -2.12. The lowest BCUT2D eigenvalue weighted by Gasteiger charge is -2.07. The molecule has 0 fully saturated rings. The second-order valence-corrected chi connectivity index (χ2v) is 4.51. The van der Waals surface area contributed by atoms with E-state index in [-0.39, 0.29) is 5.92 Å². The van der Waals surface area contributed by atoms with Crippen LogP contribution in [0.1, 0.15) is 12.5 Å². The van der Waals surface area contributed by atoms with Crippen LogP contribution in [0.2, 0.25) is 0 Å². The van der Waals surface area contributed by atoms with Gasteiger partial charge in [0, 0.05) is 0 Å². The molecule has 0 amide bonds. The van der Waals surface area contributed by atoms with Crippen LogP contribution >= 0.6 is 0 Å². The standard InChI is InChI=1S/C16H16O2/c1-12(16(17)18)11-13-7-9-15(10-8-13)14-5-3-2-4-6-14/h2-10,12H,11H2,1H3,(H,17,18)/t12-/m0/s1. The molecule has 0 aliphatic heterocycles. The van der Waals surface area contributed by atoms with Crippen molar-refractivity contribution in [1.82, 2.24) is 0 Å². The van der Waals surface area contributed by atoms with Gasteiger partial charge in [-0.25, -0.2) is 0 Å². The van der Waals surface area contributed by atoms with Gasteiger partial charge >= 0.3 is 5.97 Å². The van der Waals surface area contributed by atoms with Gasteiger partial charge in [-0.2, -0.15) is 0 Å². The third kappa shape index (κ3) is 2.98. The monoisotopic (exact) mass is 240 g/mol. The molecular weight excluding hydrogens is 224 g/mol. The van der Waals surface area contributed by atoms with Crippen molar-refractivity contribution in [3.05, 3.63) is 60.2 Å². The molecular formula is C16H16O2. The van der Waals surface area contributed by atoms with E-state index in [1.165, 1.54) is 5.56 Å². The van der Waals surface area contributed by atoms with Crippen LogP contribution in [0, 0.1) is 5.92 Å². The molecule has 0 radical (unpaired) electrons. The normalized spacial score (nSPS) is 12.1. The van der Waals surface area contributed by atoms with Gasteiger partial charge in [0.05, 0.1) is 5.92 Å². The van der Waals surface area contributed by atoms with Gasteiger partial charge in [0.2, 0.25) is 0 Å². The number of carbonyl (C=O) groups is 1. The van der Waals surface area contributed by atoms with Gasteiger partial charge in [-0.3, -0.25) is 4.79 Å². The molecule has 0 unspecified atom stereocenters. The quantitative estimate of drug-likeness (QED) is 0.886. The zero-order chi connectivity index (χ0) is 13.0. The summed E-state index contributed by atoms with van der Waals surface area (Å²) in [5, 5.41) is 8.88. The summed E-state index contributed by atoms with van der Waals surface area (Å²) in [7, 11) is 0. The number of hydrogen-bond acceptors (Lipinski definition) is 1. The van der Waals surface area contributed by atoms with E-state index in [1.807, 2.05) is 42.5 Å². The largest absolute Gasteiger partial charge is 0.481 e. The first-order valence-electron chi connectivity index (χ1n) is 6.04. The number of rotatable bonds is 4. The molecule has 2 rings (SSSR count). The van der Waals surface area contributed by atoms with Crippen LogP contribution in [0.25, 0.3) is 11.1 Å². The molecule has 18 heavy (non-hydrogen) atoms. The van der Waals surface area contributed by atoms with Gasteiger partial charge in [-0.05, 0) is 23.1 Å². The van der Waals surface area contributed by atoms with Crippen molar-refractivity contribution in [2.75, 3.05) is 0 Å². The molecule has 0 aliphatic carbocycles. The molecule has 0 aromatic heterocycles. The van der Waals surface area contributed by atoms with Gasteiger partial charge in [0.15, 0.2) is 0 Å². The van der Waals surface area contributed by atoms with Crippen molar-refractivity contribution in [2.45, 2.75) is 13.3 Å². The second kappa shape index (κ2) is 5.50. The van der Waals surface area contributed by atoms with Crippen molar-refractivity contribution in [3.8, 4) is 11.1 Å². The first kappa shape index (κ1) is 12.4. The number of benzene rings is 2. The summed E-state index contributed by atoms with van der Waals surface area (Å²) in [6.45, 7) is 1.73. The Morgan fingerprint density at radius 3 is 2.11 bits per heavy atom. The minimum absolute atomic E-state index is 0.340. The van der Waals surface area contributed by atoms with Gasteiger partial charge in [-0.15, -0.1) is 0 Å². The van der Waals surface area contributed by atoms with Crippen LogP contribution in [-0.4, -0.2) is 11.1 Å². The first-order chi connectivity index (χ1) is 8.66. The zero-order valence-electron chi connectivity index (χ0n) is 10.3. The average Bonchev–Trinajstić information content (AvgIpc) is 2.40. The molecule has 0 bridgehead atoms. The molecule has 0 heterocycles. The van der Waals surface area contributed by atoms with Gasteiger partial charge in [0.1, 0.15) is 0 Å². The average molecular weight is 240 g/mol. The summed E-state index contributed by atoms with van der Waals surface area (Å²) in [5.74, 6) is -1.09. The van der Waals surface area contributed by atoms with Crippen molar-refractivity contribution in [1.29, 1.82) is 0 Å². The Labute approximate surface area is 107 Å². The second-order valence-electron chi connectivity index (χ2n) is 4.51. The van der Waals surface area contributed by atoms with E-state index in [1.54, 1.807) is 6.92 Å². The summed E-state index contributed by atoms with van der Waals surface area (Å²) in [6, 6.07) is 18.2. The molecule has 2 aromatic rings. The number of aliphatic carboxylic acids is 1. The highest BCUT2D eigenvalue weighted by molar-refractivity contribution is 5.70. The van der Waals surface area contributed by atoms with Crippen molar-refractivity contribution >= 4 is 5.97 Å². The predicted octanol–water partition coefficient (Wildman–Crippen LogP) is 3.62. The first-order valence-corrected chi connectivity index (χ1v) is 6.04. The molecule has 1 N–H and O–H groups in total. The van der Waals surface area contributed by atoms with Crippen LogP contribution in [0.15, 0.2) is 54.6 Å². The molecule has 2 aromatic carbocycles. The lowest BCUT2D eigenvalue weighted by atomic mass is 9.98. The Morgan fingerprint density at radius 2 is 1.56 bits per heavy atom. The van der Waals surface area contributed by atoms with Crippen molar-refractivity contribution < 1.29 is 9.90 Å². The summed E-state index contributed by atoms with van der Waals surface area (Å²) >= 11 is 0. The fourth-order valence-electron chi connectivity index (χ4n) is 1.90. The number of hydrogen-bond donors (Lipinski definition) is 1. The smallest absolute Gasteiger partial charge is 0.306 e. The van der Waals surface area contributed by atoms with Crippen LogP contribution in [0.3, 0.4) is 0 Å². The third-order valence-electron chi connectivity index (χ3n) is 3.02. The maximum absolute atomic E-state index is 10.8. The van der Waals surface area contributed by atoms with Crippen molar-refractivity contribution in [3.63, 3.8) is 0 Å². The Morgan fingerprint density at radius 1 is 1.00 bits per heavy atom. The van der Waals surface area contributed by atoms with Crippen molar-refractivity contribution in [2.24, 2.45) is 5.92 Å². The Hall–Kier alpha value is -2.09. The fourth-order valence-corrected chi connectivity index (χ4v) is 1.90. The Kier molecular flexibility index (Phi) is 3.78. The molecule has 2 heteroatoms. The highest BCUT2D eigenvalue weighted by atomic mass is 16.4. The van der Waals surface area contributed by atoms with E-state index in [0.717, 1.165) is 11.1 Å². The highest BCUT2D eigenvalue weighted by Crippen LogP contribution is 2.20. The Bertz CT molecular complexity index is 515. The molecule has 0 saturated carbocycles. The summed E-state index contributed by atoms with van der Waals surface area (Å²) in [5.41, 5.74) is 3.39. The van der Waals surface area contributed by atoms with E-state index in [0.29, 0.717) is 6.42 Å². The maximum Gasteiger partial charge on any atom is 0.306 e. The van der Waals surface area contributed by atoms with E-state index in [9.17, 15) is 4.79 Å². The third-order valence-corrected chi connectivity index (χ3v) is 3.02. The van der Waals surface area contributed by atoms with E-state index < -0.39 is 5.97 Å². The molecule has 1 atom stereocenters. The van der Waals surface area contributed by atoms with Crippen LogP contribution in [0.4, 0.5) is 0 Å². The zero-order valence-corrected chi connectivity index (χ0v) is 10.3. The predicted molar refractivity (Wildman–Crippen MR) is 72.4 cm³/mol. The molecule has 0 spiro atoms. The maximum atomic E-state index is 10.8. The van der Waals surface area contributed by atoms with Gasteiger partial charge in [0.25, 0.3) is 0 Å². The van der Waals surface area contributed by atoms with E-state index in [2.05, 4.69) is 12.1 Å². The summed E-state index contributed by atoms with van der Waals surface area (Å²) in [6.07, 6.45) is 0.574. The molecule has 0 saturated heterocycles. The molecule has 92 valence electrons. The minimum atomic E-state index is -0.748. The number of carboxylic acid groups (broad SMARTS) is 1. The van der Waals surface area contributed by atoms with E-state index >= 15 is 0 Å². The van der Waals surface area contributed by atoms with Gasteiger partial charge < -0.3 is 5.11 Å². The Balaban J connectivity index is 2.13. The fraction of sp³-hybridized carbons (Fsp3) is 0.188. The molecule has 2 nitrogen and oxygen atoms in total. The SMILES string of the molecule is C[C@@H](Cc1ccc(-c2ccccc2)cc1)C(=O)O. The highest BCUT2D eigenvalue weighted by Gasteiger charge is 2.11. The van der Waals surface area contributed by atoms with E-state index in [4.69, 9.17) is 5.11 Å². The minimum Gasteiger partial charge on any atom is -0.481 e. The lowest BCUT2D eigenvalue weighted by molar-refractivity contribution is -0.141. The van der Waals surface area contributed by atoms with Crippen LogP contribution in [-0.2, 0) is 11.2 Å². The topological polar surface area (TPSA) is 37.3 Å². The van der Waals surface area contributed by atoms with Crippen LogP contribution < -0.4 is 0 Å².